The van der Waals surface area contributed by atoms with Crippen LogP contribution in [0, 0.1) is 17.5 Å². The Hall–Kier alpha value is -1.68. The van der Waals surface area contributed by atoms with E-state index in [1.54, 1.807) is 0 Å². The van der Waals surface area contributed by atoms with E-state index in [4.69, 9.17) is 17.3 Å². The maximum Gasteiger partial charge on any atom is 0.161 e. The largest absolute Gasteiger partial charge is 0.399 e. The Bertz CT molecular complexity index is 584. The molecule has 0 atom stereocenters. The molecular formula is C12H7ClF3N. The maximum atomic E-state index is 13.5. The topological polar surface area (TPSA) is 26.0 Å². The number of anilines is 1. The fourth-order valence-corrected chi connectivity index (χ4v) is 1.77. The van der Waals surface area contributed by atoms with Crippen LogP contribution in [0.5, 0.6) is 0 Å². The number of nitrogen functional groups attached to an aromatic ring is 1. The number of benzene rings is 2. The lowest BCUT2D eigenvalue weighted by Gasteiger charge is -2.07. The summed E-state index contributed by atoms with van der Waals surface area (Å²) >= 11 is 5.87. The first kappa shape index (κ1) is 11.8. The summed E-state index contributed by atoms with van der Waals surface area (Å²) < 4.78 is 39.3. The van der Waals surface area contributed by atoms with Crippen molar-refractivity contribution in [1.29, 1.82) is 0 Å². The summed E-state index contributed by atoms with van der Waals surface area (Å²) in [6.45, 7) is 0. The minimum Gasteiger partial charge on any atom is -0.399 e. The lowest BCUT2D eigenvalue weighted by Crippen LogP contribution is -1.93. The molecule has 0 aliphatic rings. The molecule has 0 saturated carbocycles. The molecule has 17 heavy (non-hydrogen) atoms. The van der Waals surface area contributed by atoms with Crippen LogP contribution in [-0.2, 0) is 0 Å². The van der Waals surface area contributed by atoms with E-state index in [9.17, 15) is 13.2 Å². The summed E-state index contributed by atoms with van der Waals surface area (Å²) in [7, 11) is 0. The molecule has 5 heteroatoms. The number of halogens is 4. The summed E-state index contributed by atoms with van der Waals surface area (Å²) in [5.41, 5.74) is 6.05. The summed E-state index contributed by atoms with van der Waals surface area (Å²) in [4.78, 5) is 0. The zero-order valence-corrected chi connectivity index (χ0v) is 9.23. The van der Waals surface area contributed by atoms with E-state index in [1.807, 2.05) is 0 Å². The molecule has 1 nitrogen and oxygen atoms in total. The average molecular weight is 258 g/mol. The monoisotopic (exact) mass is 257 g/mol. The molecule has 2 N–H and O–H groups in total. The molecule has 0 bridgehead atoms. The molecule has 0 aliphatic carbocycles. The first-order valence-electron chi connectivity index (χ1n) is 4.69. The first-order chi connectivity index (χ1) is 7.99. The third kappa shape index (κ3) is 2.22. The van der Waals surface area contributed by atoms with Gasteiger partial charge in [0.05, 0.1) is 5.02 Å². The normalized spacial score (nSPS) is 10.6. The van der Waals surface area contributed by atoms with Crippen molar-refractivity contribution in [2.75, 3.05) is 5.73 Å². The minimum atomic E-state index is -1.24. The number of rotatable bonds is 1. The summed E-state index contributed by atoms with van der Waals surface area (Å²) in [5, 5.41) is 0.176. The van der Waals surface area contributed by atoms with Crippen molar-refractivity contribution >= 4 is 17.3 Å². The molecule has 2 aromatic carbocycles. The van der Waals surface area contributed by atoms with Crippen molar-refractivity contribution in [3.63, 3.8) is 0 Å². The van der Waals surface area contributed by atoms with Gasteiger partial charge in [0.2, 0.25) is 0 Å². The van der Waals surface area contributed by atoms with Crippen molar-refractivity contribution < 1.29 is 13.2 Å². The standard InChI is InChI=1S/C12H7ClF3N/c13-9-3-6(17)1-2-7(9)8-4-11(15)12(16)5-10(8)14/h1-5H,17H2. The second-order valence-corrected chi connectivity index (χ2v) is 3.89. The summed E-state index contributed by atoms with van der Waals surface area (Å²) in [6, 6.07) is 5.62. The van der Waals surface area contributed by atoms with Crippen molar-refractivity contribution in [2.45, 2.75) is 0 Å². The van der Waals surface area contributed by atoms with Crippen LogP contribution >= 0.6 is 11.6 Å². The molecule has 2 rings (SSSR count). The van der Waals surface area contributed by atoms with Crippen molar-refractivity contribution in [2.24, 2.45) is 0 Å². The van der Waals surface area contributed by atoms with Crippen molar-refractivity contribution in [3.8, 4) is 11.1 Å². The third-order valence-corrected chi connectivity index (χ3v) is 2.61. The quantitative estimate of drug-likeness (QED) is 0.606. The van der Waals surface area contributed by atoms with Gasteiger partial charge >= 0.3 is 0 Å². The van der Waals surface area contributed by atoms with E-state index in [-0.39, 0.29) is 16.1 Å². The molecule has 0 saturated heterocycles. The fraction of sp³-hybridized carbons (Fsp3) is 0. The van der Waals surface area contributed by atoms with Crippen LogP contribution in [0.4, 0.5) is 18.9 Å². The predicted molar refractivity (Wildman–Crippen MR) is 61.2 cm³/mol. The van der Waals surface area contributed by atoms with Gasteiger partial charge in [0.25, 0.3) is 0 Å². The van der Waals surface area contributed by atoms with E-state index in [1.165, 1.54) is 18.2 Å². The van der Waals surface area contributed by atoms with Gasteiger partial charge in [-0.25, -0.2) is 13.2 Å². The van der Waals surface area contributed by atoms with E-state index in [0.717, 1.165) is 6.07 Å². The highest BCUT2D eigenvalue weighted by Gasteiger charge is 2.13. The van der Waals surface area contributed by atoms with Gasteiger partial charge in [-0.3, -0.25) is 0 Å². The Kier molecular flexibility index (Phi) is 2.98. The first-order valence-corrected chi connectivity index (χ1v) is 5.07. The Morgan fingerprint density at radius 1 is 0.824 bits per heavy atom. The van der Waals surface area contributed by atoms with E-state index < -0.39 is 17.5 Å². The van der Waals surface area contributed by atoms with Crippen LogP contribution in [0.15, 0.2) is 30.3 Å². The van der Waals surface area contributed by atoms with Crippen LogP contribution in [0.2, 0.25) is 5.02 Å². The smallest absolute Gasteiger partial charge is 0.161 e. The van der Waals surface area contributed by atoms with E-state index in [2.05, 4.69) is 0 Å². The molecule has 0 unspecified atom stereocenters. The van der Waals surface area contributed by atoms with Crippen LogP contribution < -0.4 is 5.73 Å². The van der Waals surface area contributed by atoms with Crippen LogP contribution in [0.25, 0.3) is 11.1 Å². The van der Waals surface area contributed by atoms with Gasteiger partial charge in [-0.15, -0.1) is 0 Å². The SMILES string of the molecule is Nc1ccc(-c2cc(F)c(F)cc2F)c(Cl)c1. The van der Waals surface area contributed by atoms with Gasteiger partial charge in [0, 0.05) is 22.9 Å². The lowest BCUT2D eigenvalue weighted by atomic mass is 10.0. The Labute approximate surface area is 101 Å². The van der Waals surface area contributed by atoms with Gasteiger partial charge in [0.1, 0.15) is 5.82 Å². The molecule has 0 aromatic heterocycles. The molecule has 88 valence electrons. The van der Waals surface area contributed by atoms with Gasteiger partial charge in [0.15, 0.2) is 11.6 Å². The van der Waals surface area contributed by atoms with E-state index in [0.29, 0.717) is 11.8 Å². The minimum absolute atomic E-state index is 0.103. The fourth-order valence-electron chi connectivity index (χ4n) is 1.48. The van der Waals surface area contributed by atoms with Crippen molar-refractivity contribution in [1.82, 2.24) is 0 Å². The third-order valence-electron chi connectivity index (χ3n) is 2.29. The highest BCUT2D eigenvalue weighted by molar-refractivity contribution is 6.33. The molecule has 0 spiro atoms. The molecule has 0 amide bonds. The highest BCUT2D eigenvalue weighted by Crippen LogP contribution is 2.32. The number of nitrogens with two attached hydrogens (primary N) is 1. The summed E-state index contributed by atoms with van der Waals surface area (Å²) in [5.74, 6) is -3.25. The predicted octanol–water partition coefficient (Wildman–Crippen LogP) is 4.01. The Morgan fingerprint density at radius 3 is 2.12 bits per heavy atom. The zero-order chi connectivity index (χ0) is 12.6. The second-order valence-electron chi connectivity index (χ2n) is 3.49. The molecule has 0 aliphatic heterocycles. The van der Waals surface area contributed by atoms with Gasteiger partial charge in [-0.1, -0.05) is 17.7 Å². The summed E-state index contributed by atoms with van der Waals surface area (Å²) in [6.07, 6.45) is 0. The van der Waals surface area contributed by atoms with Gasteiger partial charge in [-0.05, 0) is 18.2 Å². The zero-order valence-electron chi connectivity index (χ0n) is 8.48. The van der Waals surface area contributed by atoms with Crippen molar-refractivity contribution in [3.05, 3.63) is 52.8 Å². The molecule has 0 fully saturated rings. The molecule has 2 aromatic rings. The second kappa shape index (κ2) is 4.30. The highest BCUT2D eigenvalue weighted by atomic mass is 35.5. The van der Waals surface area contributed by atoms with Crippen LogP contribution in [-0.4, -0.2) is 0 Å². The van der Waals surface area contributed by atoms with E-state index >= 15 is 0 Å². The maximum absolute atomic E-state index is 13.5. The number of hydrogen-bond acceptors (Lipinski definition) is 1. The molecule has 0 radical (unpaired) electrons. The molecule has 0 heterocycles. The van der Waals surface area contributed by atoms with Crippen LogP contribution in [0.3, 0.4) is 0 Å². The average Bonchev–Trinajstić information content (AvgIpc) is 2.24. The number of hydrogen-bond donors (Lipinski definition) is 1. The van der Waals surface area contributed by atoms with Gasteiger partial charge in [-0.2, -0.15) is 0 Å². The molecular weight excluding hydrogens is 251 g/mol. The Morgan fingerprint density at radius 2 is 1.47 bits per heavy atom. The Balaban J connectivity index is 2.64. The van der Waals surface area contributed by atoms with Crippen LogP contribution in [0.1, 0.15) is 0 Å². The van der Waals surface area contributed by atoms with Gasteiger partial charge < -0.3 is 5.73 Å². The lowest BCUT2D eigenvalue weighted by molar-refractivity contribution is 0.496.